The standard InChI is InChI=1S/C29H34F3N7O/c1-2-40-27-21(6-4-12-36-27)23-8-7-22-24(37-23)18-38(17-20-5-3-11-33-20)19-28(22)9-15-39(16-10-28)26-25(29(30,31)32)34-13-14-35-26/h4,6-8,12-14,20,33H,2-3,5,9-11,15-19H2,1H3/t20-/m1/s1. The largest absolute Gasteiger partial charge is 0.477 e. The zero-order valence-electron chi connectivity index (χ0n) is 22.6. The summed E-state index contributed by atoms with van der Waals surface area (Å²) in [5, 5.41) is 3.61. The third kappa shape index (κ3) is 5.24. The first kappa shape index (κ1) is 26.9. The Morgan fingerprint density at radius 2 is 1.90 bits per heavy atom. The highest BCUT2D eigenvalue weighted by Gasteiger charge is 2.45. The highest BCUT2D eigenvalue weighted by Crippen LogP contribution is 2.44. The zero-order valence-corrected chi connectivity index (χ0v) is 22.6. The molecule has 0 aliphatic carbocycles. The summed E-state index contributed by atoms with van der Waals surface area (Å²) in [5.41, 5.74) is 2.77. The van der Waals surface area contributed by atoms with Gasteiger partial charge in [0.15, 0.2) is 11.5 Å². The number of hydrogen-bond acceptors (Lipinski definition) is 8. The van der Waals surface area contributed by atoms with E-state index in [1.807, 2.05) is 25.1 Å². The van der Waals surface area contributed by atoms with Crippen molar-refractivity contribution < 1.29 is 17.9 Å². The third-order valence-electron chi connectivity index (χ3n) is 8.38. The van der Waals surface area contributed by atoms with Crippen LogP contribution in [0.5, 0.6) is 5.88 Å². The number of anilines is 1. The first-order valence-corrected chi connectivity index (χ1v) is 14.0. The van der Waals surface area contributed by atoms with Crippen LogP contribution in [0.25, 0.3) is 11.3 Å². The van der Waals surface area contributed by atoms with Crippen molar-refractivity contribution in [3.05, 3.63) is 59.8 Å². The Labute approximate surface area is 232 Å². The topological polar surface area (TPSA) is 79.3 Å². The average Bonchev–Trinajstić information content (AvgIpc) is 3.46. The normalized spacial score (nSPS) is 21.0. The number of alkyl halides is 3. The van der Waals surface area contributed by atoms with Crippen molar-refractivity contribution in [3.63, 3.8) is 0 Å². The number of hydrogen-bond donors (Lipinski definition) is 1. The SMILES string of the molecule is CCOc1ncccc1-c1ccc2c(n1)CN(C[C@H]1CCCN1)CC21CCN(c2nccnc2C(F)(F)F)CC1. The highest BCUT2D eigenvalue weighted by atomic mass is 19.4. The molecule has 3 aliphatic rings. The molecular weight excluding hydrogens is 519 g/mol. The van der Waals surface area contributed by atoms with Crippen molar-refractivity contribution in [2.45, 2.75) is 56.8 Å². The van der Waals surface area contributed by atoms with Crippen molar-refractivity contribution in [2.75, 3.05) is 44.2 Å². The minimum Gasteiger partial charge on any atom is -0.477 e. The summed E-state index contributed by atoms with van der Waals surface area (Å²) in [5.74, 6) is 0.481. The molecule has 6 rings (SSSR count). The number of aromatic nitrogens is 4. The van der Waals surface area contributed by atoms with Crippen molar-refractivity contribution in [2.24, 2.45) is 0 Å². The van der Waals surface area contributed by atoms with Gasteiger partial charge in [-0.05, 0) is 62.9 Å². The van der Waals surface area contributed by atoms with Gasteiger partial charge in [0.25, 0.3) is 0 Å². The van der Waals surface area contributed by atoms with Gasteiger partial charge in [-0.3, -0.25) is 9.88 Å². The molecule has 40 heavy (non-hydrogen) atoms. The molecule has 6 heterocycles. The second-order valence-electron chi connectivity index (χ2n) is 10.9. The predicted octanol–water partition coefficient (Wildman–Crippen LogP) is 4.46. The minimum atomic E-state index is -4.55. The van der Waals surface area contributed by atoms with E-state index < -0.39 is 11.9 Å². The lowest BCUT2D eigenvalue weighted by molar-refractivity contribution is -0.140. The van der Waals surface area contributed by atoms with Gasteiger partial charge in [0, 0.05) is 62.8 Å². The van der Waals surface area contributed by atoms with Crippen molar-refractivity contribution in [1.82, 2.24) is 30.2 Å². The number of fused-ring (bicyclic) bond motifs is 2. The number of pyridine rings is 2. The third-order valence-corrected chi connectivity index (χ3v) is 8.38. The lowest BCUT2D eigenvalue weighted by atomic mass is 9.69. The Balaban J connectivity index is 1.32. The second kappa shape index (κ2) is 10.9. The maximum absolute atomic E-state index is 13.7. The maximum Gasteiger partial charge on any atom is 0.437 e. The molecule has 2 fully saturated rings. The van der Waals surface area contributed by atoms with Crippen molar-refractivity contribution in [3.8, 4) is 17.1 Å². The maximum atomic E-state index is 13.7. The van der Waals surface area contributed by atoms with Crippen LogP contribution in [0.1, 0.15) is 49.6 Å². The molecule has 1 spiro atoms. The summed E-state index contributed by atoms with van der Waals surface area (Å²) < 4.78 is 46.8. The Hall–Kier alpha value is -3.31. The lowest BCUT2D eigenvalue weighted by Crippen LogP contribution is -2.54. The molecule has 0 saturated carbocycles. The number of ether oxygens (including phenoxy) is 1. The highest BCUT2D eigenvalue weighted by molar-refractivity contribution is 5.65. The Kier molecular flexibility index (Phi) is 7.35. The molecule has 0 radical (unpaired) electrons. The Bertz CT molecular complexity index is 1340. The van der Waals surface area contributed by atoms with E-state index >= 15 is 0 Å². The number of nitrogens with one attached hydrogen (secondary N) is 1. The first-order chi connectivity index (χ1) is 19.4. The summed E-state index contributed by atoms with van der Waals surface area (Å²) in [6.45, 7) is 6.94. The van der Waals surface area contributed by atoms with Crippen LogP contribution >= 0.6 is 0 Å². The molecule has 212 valence electrons. The summed E-state index contributed by atoms with van der Waals surface area (Å²) in [7, 11) is 0. The minimum absolute atomic E-state index is 0.0820. The van der Waals surface area contributed by atoms with E-state index in [4.69, 9.17) is 9.72 Å². The van der Waals surface area contributed by atoms with Crippen LogP contribution in [0.2, 0.25) is 0 Å². The van der Waals surface area contributed by atoms with E-state index in [-0.39, 0.29) is 11.2 Å². The summed E-state index contributed by atoms with van der Waals surface area (Å²) >= 11 is 0. The van der Waals surface area contributed by atoms with E-state index in [2.05, 4.69) is 31.2 Å². The number of halogens is 3. The monoisotopic (exact) mass is 553 g/mol. The average molecular weight is 554 g/mol. The van der Waals surface area contributed by atoms with Gasteiger partial charge >= 0.3 is 6.18 Å². The van der Waals surface area contributed by atoms with E-state index in [1.165, 1.54) is 18.2 Å². The molecule has 0 amide bonds. The van der Waals surface area contributed by atoms with Gasteiger partial charge in [0.1, 0.15) is 0 Å². The fraction of sp³-hybridized carbons (Fsp3) is 0.517. The molecule has 0 aromatic carbocycles. The quantitative estimate of drug-likeness (QED) is 0.480. The molecule has 0 unspecified atom stereocenters. The molecule has 1 atom stereocenters. The van der Waals surface area contributed by atoms with E-state index in [0.29, 0.717) is 44.5 Å². The number of piperidine rings is 1. The summed E-state index contributed by atoms with van der Waals surface area (Å²) in [6, 6.07) is 8.51. The van der Waals surface area contributed by atoms with E-state index in [1.54, 1.807) is 11.1 Å². The van der Waals surface area contributed by atoms with E-state index in [9.17, 15) is 13.2 Å². The molecule has 2 saturated heterocycles. The van der Waals surface area contributed by atoms with E-state index in [0.717, 1.165) is 55.7 Å². The lowest BCUT2D eigenvalue weighted by Gasteiger charge is -2.49. The van der Waals surface area contributed by atoms with Gasteiger partial charge in [-0.25, -0.2) is 15.0 Å². The fourth-order valence-corrected chi connectivity index (χ4v) is 6.56. The van der Waals surface area contributed by atoms with Gasteiger partial charge in [0.05, 0.1) is 23.6 Å². The van der Waals surface area contributed by atoms with Crippen LogP contribution < -0.4 is 15.0 Å². The van der Waals surface area contributed by atoms with Crippen molar-refractivity contribution >= 4 is 5.82 Å². The van der Waals surface area contributed by atoms with Gasteiger partial charge in [-0.15, -0.1) is 0 Å². The smallest absolute Gasteiger partial charge is 0.437 e. The first-order valence-electron chi connectivity index (χ1n) is 14.0. The van der Waals surface area contributed by atoms with Gasteiger partial charge in [-0.1, -0.05) is 6.07 Å². The van der Waals surface area contributed by atoms with Crippen LogP contribution in [-0.4, -0.2) is 70.2 Å². The van der Waals surface area contributed by atoms with Gasteiger partial charge < -0.3 is 15.0 Å². The van der Waals surface area contributed by atoms with Crippen LogP contribution in [0.15, 0.2) is 42.9 Å². The molecule has 11 heteroatoms. The molecule has 1 N–H and O–H groups in total. The van der Waals surface area contributed by atoms with Crippen LogP contribution in [0.3, 0.4) is 0 Å². The Morgan fingerprint density at radius 3 is 2.65 bits per heavy atom. The summed E-state index contributed by atoms with van der Waals surface area (Å²) in [4.78, 5) is 21.5. The van der Waals surface area contributed by atoms with Crippen LogP contribution in [0.4, 0.5) is 19.0 Å². The van der Waals surface area contributed by atoms with Crippen LogP contribution in [-0.2, 0) is 18.1 Å². The van der Waals surface area contributed by atoms with Gasteiger partial charge in [-0.2, -0.15) is 13.2 Å². The molecule has 0 bridgehead atoms. The van der Waals surface area contributed by atoms with Crippen molar-refractivity contribution in [1.29, 1.82) is 0 Å². The number of nitrogens with zero attached hydrogens (tertiary/aromatic N) is 6. The Morgan fingerprint density at radius 1 is 1.07 bits per heavy atom. The molecular formula is C29H34F3N7O. The van der Waals surface area contributed by atoms with Crippen LogP contribution in [0, 0.1) is 0 Å². The number of rotatable bonds is 6. The molecule has 8 nitrogen and oxygen atoms in total. The summed E-state index contributed by atoms with van der Waals surface area (Å²) in [6.07, 6.45) is 3.35. The predicted molar refractivity (Wildman–Crippen MR) is 145 cm³/mol. The second-order valence-corrected chi connectivity index (χ2v) is 10.9. The molecule has 3 aromatic rings. The van der Waals surface area contributed by atoms with Gasteiger partial charge in [0.2, 0.25) is 5.88 Å². The fourth-order valence-electron chi connectivity index (χ4n) is 6.56. The molecule has 3 aromatic heterocycles. The molecule has 3 aliphatic heterocycles. The zero-order chi connectivity index (χ0) is 27.7.